The van der Waals surface area contributed by atoms with Crippen LogP contribution in [0.3, 0.4) is 0 Å². The van der Waals surface area contributed by atoms with Crippen LogP contribution in [0.2, 0.25) is 0 Å². The predicted molar refractivity (Wildman–Crippen MR) is 48.5 cm³/mol. The summed E-state index contributed by atoms with van der Waals surface area (Å²) >= 11 is 0. The van der Waals surface area contributed by atoms with Gasteiger partial charge in [0.2, 0.25) is 11.7 Å². The van der Waals surface area contributed by atoms with Crippen molar-refractivity contribution in [2.45, 2.75) is 13.8 Å². The number of amides is 1. The van der Waals surface area contributed by atoms with Gasteiger partial charge in [0.15, 0.2) is 5.70 Å². The minimum absolute atomic E-state index is 0.188. The molecular weight excluding hydrogens is 186 g/mol. The Morgan fingerprint density at radius 3 is 2.43 bits per heavy atom. The van der Waals surface area contributed by atoms with Crippen molar-refractivity contribution >= 4 is 11.7 Å². The van der Waals surface area contributed by atoms with E-state index < -0.39 is 17.6 Å². The number of Topliss-reactive ketones (excluding diaryl/α,β-unsaturated/α-hetero) is 1. The number of rotatable bonds is 2. The topological polar surface area (TPSA) is 102 Å². The zero-order valence-corrected chi connectivity index (χ0v) is 7.90. The third-order valence-electron chi connectivity index (χ3n) is 2.07. The molecule has 1 aliphatic heterocycles. The summed E-state index contributed by atoms with van der Waals surface area (Å²) in [5, 5.41) is 4.76. The normalized spacial score (nSPS) is 22.6. The van der Waals surface area contributed by atoms with Gasteiger partial charge in [0.1, 0.15) is 11.7 Å². The smallest absolute Gasteiger partial charge is 0.236 e. The summed E-state index contributed by atoms with van der Waals surface area (Å²) in [5.74, 6) is -2.39. The summed E-state index contributed by atoms with van der Waals surface area (Å²) in [4.78, 5) is 33.2. The molecule has 1 unspecified atom stereocenters. The lowest BCUT2D eigenvalue weighted by molar-refractivity contribution is -0.134. The largest absolute Gasteiger partial charge is 0.383 e. The Labute approximate surface area is 80.5 Å². The molecule has 1 amide bonds. The van der Waals surface area contributed by atoms with Gasteiger partial charge in [-0.2, -0.15) is 0 Å². The highest BCUT2D eigenvalue weighted by atomic mass is 16.3. The zero-order chi connectivity index (χ0) is 10.9. The molecule has 0 bridgehead atoms. The van der Waals surface area contributed by atoms with Crippen molar-refractivity contribution in [1.82, 2.24) is 5.32 Å². The number of hydrogen-bond acceptors (Lipinski definition) is 5. The molecule has 1 aliphatic rings. The van der Waals surface area contributed by atoms with Crippen LogP contribution in [0.25, 0.3) is 0 Å². The van der Waals surface area contributed by atoms with Gasteiger partial charge in [-0.05, 0) is 11.1 Å². The summed E-state index contributed by atoms with van der Waals surface area (Å²) in [7, 11) is 0. The lowest BCUT2D eigenvalue weighted by Crippen LogP contribution is -2.46. The number of carbonyl (C=O) groups is 2. The van der Waals surface area contributed by atoms with E-state index in [0.29, 0.717) is 0 Å². The van der Waals surface area contributed by atoms with E-state index in [1.165, 1.54) is 0 Å². The number of hydrogen-bond donors (Lipinski definition) is 2. The second-order valence-electron chi connectivity index (χ2n) is 3.43. The summed E-state index contributed by atoms with van der Waals surface area (Å²) in [6.45, 7) is 3.43. The van der Waals surface area contributed by atoms with Crippen LogP contribution in [0.5, 0.6) is 0 Å². The van der Waals surface area contributed by atoms with Crippen molar-refractivity contribution in [2.24, 2.45) is 22.7 Å². The fourth-order valence-corrected chi connectivity index (χ4v) is 1.37. The Bertz CT molecular complexity index is 333. The second kappa shape index (κ2) is 3.57. The van der Waals surface area contributed by atoms with Crippen molar-refractivity contribution in [2.75, 3.05) is 0 Å². The van der Waals surface area contributed by atoms with Gasteiger partial charge in [-0.15, -0.1) is 4.91 Å². The summed E-state index contributed by atoms with van der Waals surface area (Å²) < 4.78 is 0. The number of carbonyl (C=O) groups excluding carboxylic acids is 2. The zero-order valence-electron chi connectivity index (χ0n) is 7.90. The fraction of sp³-hybridized carbons (Fsp3) is 0.500. The van der Waals surface area contributed by atoms with Gasteiger partial charge in [0.05, 0.1) is 0 Å². The standard InChI is InChI=1S/C8H11N3O3/c1-3(2)4-6(12)5(11-14)7(9)10-8(4)13/h3-4H,9H2,1-2H3,(H,10,13). The molecule has 0 spiro atoms. The maximum Gasteiger partial charge on any atom is 0.236 e. The summed E-state index contributed by atoms with van der Waals surface area (Å²) in [6.07, 6.45) is 0. The molecular formula is C8H11N3O3. The Balaban J connectivity index is 3.13. The summed E-state index contributed by atoms with van der Waals surface area (Å²) in [5.41, 5.74) is 4.88. The SMILES string of the molecule is CC(C)C1C(=O)NC(N)=C(N=O)C1=O. The van der Waals surface area contributed by atoms with Gasteiger partial charge in [-0.25, -0.2) is 0 Å². The molecule has 14 heavy (non-hydrogen) atoms. The Morgan fingerprint density at radius 2 is 2.00 bits per heavy atom. The van der Waals surface area contributed by atoms with Crippen LogP contribution in [-0.2, 0) is 9.59 Å². The highest BCUT2D eigenvalue weighted by Gasteiger charge is 2.38. The van der Waals surface area contributed by atoms with E-state index in [1.807, 2.05) is 0 Å². The Morgan fingerprint density at radius 1 is 1.43 bits per heavy atom. The van der Waals surface area contributed by atoms with E-state index in [2.05, 4.69) is 10.5 Å². The van der Waals surface area contributed by atoms with Crippen LogP contribution in [0.1, 0.15) is 13.8 Å². The molecule has 76 valence electrons. The van der Waals surface area contributed by atoms with Crippen molar-refractivity contribution < 1.29 is 9.59 Å². The van der Waals surface area contributed by atoms with Gasteiger partial charge in [-0.1, -0.05) is 13.8 Å². The quantitative estimate of drug-likeness (QED) is 0.474. The van der Waals surface area contributed by atoms with Crippen LogP contribution in [0.4, 0.5) is 0 Å². The highest BCUT2D eigenvalue weighted by molar-refractivity contribution is 6.12. The first-order chi connectivity index (χ1) is 6.49. The van der Waals surface area contributed by atoms with Crippen LogP contribution < -0.4 is 11.1 Å². The van der Waals surface area contributed by atoms with Gasteiger partial charge in [-0.3, -0.25) is 9.59 Å². The highest BCUT2D eigenvalue weighted by Crippen LogP contribution is 2.21. The fourth-order valence-electron chi connectivity index (χ4n) is 1.37. The average molecular weight is 197 g/mol. The van der Waals surface area contributed by atoms with E-state index in [4.69, 9.17) is 5.73 Å². The molecule has 0 fully saturated rings. The molecule has 6 heteroatoms. The molecule has 1 atom stereocenters. The minimum Gasteiger partial charge on any atom is -0.383 e. The minimum atomic E-state index is -0.866. The Hall–Kier alpha value is -1.72. The van der Waals surface area contributed by atoms with Crippen molar-refractivity contribution in [3.8, 4) is 0 Å². The molecule has 0 aromatic carbocycles. The van der Waals surface area contributed by atoms with Gasteiger partial charge >= 0.3 is 0 Å². The first-order valence-corrected chi connectivity index (χ1v) is 4.17. The van der Waals surface area contributed by atoms with Crippen LogP contribution in [-0.4, -0.2) is 11.7 Å². The lowest BCUT2D eigenvalue weighted by Gasteiger charge is -2.23. The number of nitrogens with one attached hydrogen (secondary N) is 1. The van der Waals surface area contributed by atoms with Gasteiger partial charge < -0.3 is 11.1 Å². The molecule has 1 rings (SSSR count). The van der Waals surface area contributed by atoms with Crippen LogP contribution >= 0.6 is 0 Å². The summed E-state index contributed by atoms with van der Waals surface area (Å²) in [6, 6.07) is 0. The first-order valence-electron chi connectivity index (χ1n) is 4.17. The molecule has 0 aliphatic carbocycles. The predicted octanol–water partition coefficient (Wildman–Crippen LogP) is -0.148. The molecule has 3 N–H and O–H groups in total. The van der Waals surface area contributed by atoms with Gasteiger partial charge in [0.25, 0.3) is 0 Å². The molecule has 0 radical (unpaired) electrons. The number of nitroso groups, excluding NO2 is 1. The maximum atomic E-state index is 11.5. The van der Waals surface area contributed by atoms with Crippen molar-refractivity contribution in [3.05, 3.63) is 16.4 Å². The molecule has 1 heterocycles. The maximum absolute atomic E-state index is 11.5. The third kappa shape index (κ3) is 1.50. The number of nitrogens with two attached hydrogens (primary N) is 1. The van der Waals surface area contributed by atoms with Crippen molar-refractivity contribution in [1.29, 1.82) is 0 Å². The van der Waals surface area contributed by atoms with Crippen LogP contribution in [0.15, 0.2) is 16.7 Å². The average Bonchev–Trinajstić information content (AvgIpc) is 2.02. The molecule has 6 nitrogen and oxygen atoms in total. The molecule has 0 saturated heterocycles. The van der Waals surface area contributed by atoms with E-state index in [1.54, 1.807) is 13.8 Å². The number of allylic oxidation sites excluding steroid dienone is 1. The molecule has 0 aromatic rings. The van der Waals surface area contributed by atoms with Crippen molar-refractivity contribution in [3.63, 3.8) is 0 Å². The van der Waals surface area contributed by atoms with E-state index in [0.717, 1.165) is 0 Å². The van der Waals surface area contributed by atoms with Gasteiger partial charge in [0, 0.05) is 0 Å². The number of ketones is 1. The second-order valence-corrected chi connectivity index (χ2v) is 3.43. The molecule has 0 saturated carbocycles. The van der Waals surface area contributed by atoms with E-state index in [9.17, 15) is 14.5 Å². The third-order valence-corrected chi connectivity index (χ3v) is 2.07. The van der Waals surface area contributed by atoms with Crippen LogP contribution in [0, 0.1) is 16.7 Å². The first kappa shape index (κ1) is 10.4. The number of nitrogens with zero attached hydrogens (tertiary/aromatic N) is 1. The van der Waals surface area contributed by atoms with E-state index >= 15 is 0 Å². The monoisotopic (exact) mass is 197 g/mol. The molecule has 0 aromatic heterocycles. The Kier molecular flexibility index (Phi) is 2.64. The lowest BCUT2D eigenvalue weighted by atomic mass is 9.87. The van der Waals surface area contributed by atoms with E-state index in [-0.39, 0.29) is 17.4 Å².